The summed E-state index contributed by atoms with van der Waals surface area (Å²) in [6.45, 7) is 16.7. The zero-order valence-corrected chi connectivity index (χ0v) is 17.5. The zero-order chi connectivity index (χ0) is 19.4. The monoisotopic (exact) mass is 358 g/mol. The number of benzene rings is 1. The normalized spacial score (nSPS) is 26.9. The Hall–Kier alpha value is -0.810. The van der Waals surface area contributed by atoms with Crippen LogP contribution in [-0.4, -0.2) is 36.6 Å². The third kappa shape index (κ3) is 3.49. The lowest BCUT2D eigenvalue weighted by molar-refractivity contribution is 0.00578. The predicted molar refractivity (Wildman–Crippen MR) is 106 cm³/mol. The van der Waals surface area contributed by atoms with Crippen molar-refractivity contribution in [1.29, 1.82) is 0 Å². The predicted octanol–water partition coefficient (Wildman–Crippen LogP) is 4.49. The highest BCUT2D eigenvalue weighted by atomic mass is 16.7. The smallest absolute Gasteiger partial charge is 0.403 e. The van der Waals surface area contributed by atoms with Crippen LogP contribution in [0.15, 0.2) is 30.3 Å². The van der Waals surface area contributed by atoms with Gasteiger partial charge >= 0.3 is 14.2 Å². The largest absolute Gasteiger partial charge is 0.465 e. The highest BCUT2D eigenvalue weighted by Crippen LogP contribution is 2.44. The number of rotatable bonds is 4. The van der Waals surface area contributed by atoms with Gasteiger partial charge < -0.3 is 18.6 Å². The van der Waals surface area contributed by atoms with Gasteiger partial charge in [0, 0.05) is 5.82 Å². The highest BCUT2D eigenvalue weighted by Gasteiger charge is 2.57. The maximum atomic E-state index is 6.36. The van der Waals surface area contributed by atoms with E-state index in [1.807, 2.05) is 6.07 Å². The Kier molecular flexibility index (Phi) is 4.88. The van der Waals surface area contributed by atoms with Crippen LogP contribution >= 0.6 is 0 Å². The Balaban J connectivity index is 1.85. The van der Waals surface area contributed by atoms with Crippen LogP contribution in [-0.2, 0) is 18.6 Å². The van der Waals surface area contributed by atoms with Gasteiger partial charge in [-0.15, -0.1) is 0 Å². The molecule has 0 saturated carbocycles. The lowest BCUT2D eigenvalue weighted by Crippen LogP contribution is -2.41. The second-order valence-corrected chi connectivity index (χ2v) is 9.56. The molecule has 1 aromatic rings. The van der Waals surface area contributed by atoms with Crippen molar-refractivity contribution in [3.05, 3.63) is 35.9 Å². The van der Waals surface area contributed by atoms with Crippen molar-refractivity contribution in [2.45, 2.75) is 89.9 Å². The van der Waals surface area contributed by atoms with Crippen molar-refractivity contribution in [3.63, 3.8) is 0 Å². The molecule has 2 aliphatic rings. The van der Waals surface area contributed by atoms with E-state index < -0.39 is 0 Å². The van der Waals surface area contributed by atoms with Crippen LogP contribution in [0.3, 0.4) is 0 Å². The topological polar surface area (TPSA) is 36.9 Å². The number of hydrogen-bond donors (Lipinski definition) is 0. The fourth-order valence-electron chi connectivity index (χ4n) is 3.43. The Morgan fingerprint density at radius 3 is 1.58 bits per heavy atom. The van der Waals surface area contributed by atoms with Crippen LogP contribution in [0.5, 0.6) is 0 Å². The Bertz CT molecular complexity index is 610. The van der Waals surface area contributed by atoms with Gasteiger partial charge in [0.1, 0.15) is 0 Å². The summed E-state index contributed by atoms with van der Waals surface area (Å²) in [6.07, 6.45) is 0.688. The van der Waals surface area contributed by atoms with Gasteiger partial charge in [0.25, 0.3) is 0 Å². The lowest BCUT2D eigenvalue weighted by Gasteiger charge is -2.32. The van der Waals surface area contributed by atoms with Gasteiger partial charge in [-0.1, -0.05) is 30.3 Å². The molecule has 142 valence electrons. The van der Waals surface area contributed by atoms with Gasteiger partial charge in [-0.05, 0) is 67.3 Å². The Labute approximate surface area is 159 Å². The summed E-state index contributed by atoms with van der Waals surface area (Å²) >= 11 is 0. The molecular formula is C20H32B2O4. The molecule has 0 N–H and O–H groups in total. The summed E-state index contributed by atoms with van der Waals surface area (Å²) in [5, 5.41) is 0. The van der Waals surface area contributed by atoms with E-state index in [2.05, 4.69) is 79.7 Å². The molecule has 0 aliphatic carbocycles. The van der Waals surface area contributed by atoms with Crippen LogP contribution in [0, 0.1) is 0 Å². The standard InChI is InChI=1S/C20H32B2O4/c1-17(2)18(3,4)24-21(23-17)14-16(15-12-10-9-11-13-15)22-25-19(5,6)20(7,8)26-22/h9-13,16H,14H2,1-8H3. The van der Waals surface area contributed by atoms with Crippen LogP contribution < -0.4 is 0 Å². The fourth-order valence-corrected chi connectivity index (χ4v) is 3.43. The van der Waals surface area contributed by atoms with E-state index in [4.69, 9.17) is 18.6 Å². The fraction of sp³-hybridized carbons (Fsp3) is 0.700. The summed E-state index contributed by atoms with van der Waals surface area (Å²) in [4.78, 5) is 0. The van der Waals surface area contributed by atoms with Crippen molar-refractivity contribution in [2.24, 2.45) is 0 Å². The second-order valence-electron chi connectivity index (χ2n) is 9.56. The van der Waals surface area contributed by atoms with Crippen molar-refractivity contribution < 1.29 is 18.6 Å². The first-order valence-corrected chi connectivity index (χ1v) is 9.61. The molecule has 0 aromatic heterocycles. The lowest BCUT2D eigenvalue weighted by atomic mass is 9.58. The minimum absolute atomic E-state index is 0.0342. The summed E-state index contributed by atoms with van der Waals surface area (Å²) in [6, 6.07) is 10.4. The highest BCUT2D eigenvalue weighted by molar-refractivity contribution is 6.53. The van der Waals surface area contributed by atoms with E-state index in [1.165, 1.54) is 5.56 Å². The van der Waals surface area contributed by atoms with Crippen LogP contribution in [0.25, 0.3) is 0 Å². The van der Waals surface area contributed by atoms with E-state index in [-0.39, 0.29) is 42.5 Å². The van der Waals surface area contributed by atoms with Gasteiger partial charge in [-0.3, -0.25) is 0 Å². The van der Waals surface area contributed by atoms with Gasteiger partial charge in [0.15, 0.2) is 0 Å². The van der Waals surface area contributed by atoms with Crippen molar-refractivity contribution >= 4 is 14.2 Å². The first-order valence-electron chi connectivity index (χ1n) is 9.61. The summed E-state index contributed by atoms with van der Waals surface area (Å²) < 4.78 is 25.2. The quantitative estimate of drug-likeness (QED) is 0.743. The molecule has 6 heteroatoms. The molecule has 26 heavy (non-hydrogen) atoms. The maximum Gasteiger partial charge on any atom is 0.465 e. The van der Waals surface area contributed by atoms with Crippen LogP contribution in [0.4, 0.5) is 0 Å². The van der Waals surface area contributed by atoms with Gasteiger partial charge in [-0.2, -0.15) is 0 Å². The molecule has 1 aromatic carbocycles. The molecule has 0 radical (unpaired) electrons. The van der Waals surface area contributed by atoms with Gasteiger partial charge in [-0.25, -0.2) is 0 Å². The van der Waals surface area contributed by atoms with Crippen LogP contribution in [0.2, 0.25) is 6.32 Å². The van der Waals surface area contributed by atoms with Gasteiger partial charge in [0.2, 0.25) is 0 Å². The maximum absolute atomic E-state index is 6.36. The van der Waals surface area contributed by atoms with E-state index in [0.717, 1.165) is 0 Å². The minimum atomic E-state index is -0.360. The van der Waals surface area contributed by atoms with Gasteiger partial charge in [0.05, 0.1) is 22.4 Å². The van der Waals surface area contributed by atoms with Crippen LogP contribution in [0.1, 0.15) is 66.8 Å². The SMILES string of the molecule is CC1(C)OB(CC(B2OC(C)(C)C(C)(C)O2)c2ccccc2)OC1(C)C. The molecule has 4 nitrogen and oxygen atoms in total. The molecule has 0 bridgehead atoms. The molecule has 0 spiro atoms. The van der Waals surface area contributed by atoms with E-state index >= 15 is 0 Å². The minimum Gasteiger partial charge on any atom is -0.403 e. The number of hydrogen-bond acceptors (Lipinski definition) is 4. The summed E-state index contributed by atoms with van der Waals surface area (Å²) in [5.41, 5.74) is -0.217. The zero-order valence-electron chi connectivity index (χ0n) is 17.5. The van der Waals surface area contributed by atoms with E-state index in [1.54, 1.807) is 0 Å². The second kappa shape index (κ2) is 6.37. The third-order valence-electron chi connectivity index (χ3n) is 6.58. The first kappa shape index (κ1) is 19.9. The Morgan fingerprint density at radius 2 is 1.12 bits per heavy atom. The first-order chi connectivity index (χ1) is 11.8. The average Bonchev–Trinajstić information content (AvgIpc) is 2.85. The molecule has 0 amide bonds. The average molecular weight is 358 g/mol. The molecule has 1 unspecified atom stereocenters. The molecule has 2 fully saturated rings. The summed E-state index contributed by atoms with van der Waals surface area (Å²) in [5.74, 6) is 0.0342. The molecular weight excluding hydrogens is 326 g/mol. The Morgan fingerprint density at radius 1 is 0.692 bits per heavy atom. The van der Waals surface area contributed by atoms with E-state index in [0.29, 0.717) is 6.32 Å². The summed E-state index contributed by atoms with van der Waals surface area (Å²) in [7, 11) is -0.620. The molecule has 2 aliphatic heterocycles. The van der Waals surface area contributed by atoms with Crippen molar-refractivity contribution in [3.8, 4) is 0 Å². The van der Waals surface area contributed by atoms with Crippen molar-refractivity contribution in [2.75, 3.05) is 0 Å². The molecule has 3 rings (SSSR count). The molecule has 2 saturated heterocycles. The van der Waals surface area contributed by atoms with E-state index in [9.17, 15) is 0 Å². The molecule has 1 atom stereocenters. The third-order valence-corrected chi connectivity index (χ3v) is 6.58. The van der Waals surface area contributed by atoms with Crippen molar-refractivity contribution in [1.82, 2.24) is 0 Å². The molecule has 2 heterocycles.